The molecule has 6 heteroatoms. The van der Waals surface area contributed by atoms with Crippen molar-refractivity contribution in [1.29, 1.82) is 0 Å². The molecule has 1 aliphatic rings. The van der Waals surface area contributed by atoms with Crippen LogP contribution in [0, 0.1) is 0 Å². The highest BCUT2D eigenvalue weighted by molar-refractivity contribution is 5.00. The molecular formula is C22H52N6. The topological polar surface area (TPSA) is 91.4 Å². The Morgan fingerprint density at radius 3 is 1.64 bits per heavy atom. The van der Waals surface area contributed by atoms with Crippen LogP contribution in [0.1, 0.15) is 73.1 Å². The largest absolute Gasteiger partial charge is 0.330 e. The molecule has 28 heavy (non-hydrogen) atoms. The Hall–Kier alpha value is -0.240. The first kappa shape index (κ1) is 27.8. The van der Waals surface area contributed by atoms with E-state index in [1.807, 2.05) is 0 Å². The number of nitrogens with one attached hydrogen (secondary N) is 3. The van der Waals surface area contributed by atoms with Gasteiger partial charge < -0.3 is 27.4 Å². The van der Waals surface area contributed by atoms with Gasteiger partial charge in [-0.05, 0) is 99.6 Å². The van der Waals surface area contributed by atoms with Gasteiger partial charge in [0, 0.05) is 30.2 Å². The van der Waals surface area contributed by atoms with Crippen LogP contribution < -0.4 is 27.4 Å². The summed E-state index contributed by atoms with van der Waals surface area (Å²) < 4.78 is 0. The number of hydrogen-bond donors (Lipinski definition) is 5. The third kappa shape index (κ3) is 12.3. The Morgan fingerprint density at radius 1 is 0.786 bits per heavy atom. The lowest BCUT2D eigenvalue weighted by Crippen LogP contribution is -2.62. The normalized spacial score (nSPS) is 19.3. The van der Waals surface area contributed by atoms with Gasteiger partial charge in [0.05, 0.1) is 0 Å². The maximum Gasteiger partial charge on any atom is 0.0170 e. The van der Waals surface area contributed by atoms with Gasteiger partial charge >= 0.3 is 0 Å². The maximum atomic E-state index is 5.34. The quantitative estimate of drug-likeness (QED) is 0.303. The molecular weight excluding hydrogens is 348 g/mol. The van der Waals surface area contributed by atoms with E-state index in [-0.39, 0.29) is 0 Å². The fourth-order valence-electron chi connectivity index (χ4n) is 3.88. The molecule has 0 amide bonds. The second kappa shape index (κ2) is 15.6. The van der Waals surface area contributed by atoms with Gasteiger partial charge in [-0.25, -0.2) is 0 Å². The molecule has 0 bridgehead atoms. The van der Waals surface area contributed by atoms with E-state index >= 15 is 0 Å². The van der Waals surface area contributed by atoms with Crippen molar-refractivity contribution < 1.29 is 0 Å². The molecule has 6 nitrogen and oxygen atoms in total. The summed E-state index contributed by atoms with van der Waals surface area (Å²) in [7, 11) is 2.27. The van der Waals surface area contributed by atoms with Crippen LogP contribution in [-0.4, -0.2) is 74.9 Å². The third-order valence-corrected chi connectivity index (χ3v) is 5.87. The van der Waals surface area contributed by atoms with Crippen molar-refractivity contribution in [3.05, 3.63) is 0 Å². The van der Waals surface area contributed by atoms with Gasteiger partial charge in [-0.3, -0.25) is 4.90 Å². The summed E-state index contributed by atoms with van der Waals surface area (Å²) in [6.45, 7) is 18.5. The summed E-state index contributed by atoms with van der Waals surface area (Å²) in [6, 6.07) is 0.688. The average molecular weight is 401 g/mol. The van der Waals surface area contributed by atoms with E-state index in [2.05, 4.69) is 62.5 Å². The summed E-state index contributed by atoms with van der Waals surface area (Å²) >= 11 is 0. The van der Waals surface area contributed by atoms with Crippen LogP contribution in [0.25, 0.3) is 0 Å². The highest BCUT2D eigenvalue weighted by Crippen LogP contribution is 2.36. The predicted molar refractivity (Wildman–Crippen MR) is 125 cm³/mol. The highest BCUT2D eigenvalue weighted by Gasteiger charge is 2.42. The van der Waals surface area contributed by atoms with E-state index in [1.54, 1.807) is 0 Å². The molecule has 0 aliphatic carbocycles. The molecule has 7 N–H and O–H groups in total. The second-order valence-corrected chi connectivity index (χ2v) is 9.38. The van der Waals surface area contributed by atoms with E-state index in [4.69, 9.17) is 11.5 Å². The first-order valence-corrected chi connectivity index (χ1v) is 11.5. The lowest BCUT2D eigenvalue weighted by molar-refractivity contribution is -0.0180. The Kier molecular flexibility index (Phi) is 15.4. The van der Waals surface area contributed by atoms with Crippen molar-refractivity contribution in [3.8, 4) is 0 Å². The van der Waals surface area contributed by atoms with Crippen molar-refractivity contribution >= 4 is 0 Å². The SMILES string of the molecule is CCCCNC1CC(C)(C)N(C)C(C)(C)C1.NCCCNCCNCCCN. The molecule has 1 rings (SSSR count). The number of rotatable bonds is 13. The van der Waals surface area contributed by atoms with E-state index in [0.717, 1.165) is 52.1 Å². The van der Waals surface area contributed by atoms with Crippen LogP contribution in [0.2, 0.25) is 0 Å². The smallest absolute Gasteiger partial charge is 0.0170 e. The molecule has 0 unspecified atom stereocenters. The van der Waals surface area contributed by atoms with Crippen molar-refractivity contribution in [2.75, 3.05) is 52.9 Å². The molecule has 0 aromatic rings. The Labute approximate surface area is 175 Å². The van der Waals surface area contributed by atoms with Gasteiger partial charge in [0.1, 0.15) is 0 Å². The predicted octanol–water partition coefficient (Wildman–Crippen LogP) is 1.89. The number of piperidine rings is 1. The summed E-state index contributed by atoms with van der Waals surface area (Å²) in [6.07, 6.45) is 7.22. The van der Waals surface area contributed by atoms with Crippen LogP contribution in [0.5, 0.6) is 0 Å². The monoisotopic (exact) mass is 400 g/mol. The fourth-order valence-corrected chi connectivity index (χ4v) is 3.88. The van der Waals surface area contributed by atoms with Gasteiger partial charge in [0.25, 0.3) is 0 Å². The van der Waals surface area contributed by atoms with Crippen LogP contribution >= 0.6 is 0 Å². The van der Waals surface area contributed by atoms with Crippen molar-refractivity contribution in [3.63, 3.8) is 0 Å². The number of likely N-dealkylation sites (tertiary alicyclic amines) is 1. The standard InChI is InChI=1S/C14H30N2.C8H22N4/c1-7-8-9-15-12-10-13(2,3)16(6)14(4,5)11-12;9-3-1-5-11-7-8-12-6-2-4-10/h12,15H,7-11H2,1-6H3;11-12H,1-10H2. The van der Waals surface area contributed by atoms with E-state index in [1.165, 1.54) is 32.2 Å². The molecule has 1 fully saturated rings. The van der Waals surface area contributed by atoms with Gasteiger partial charge in [0.15, 0.2) is 0 Å². The van der Waals surface area contributed by atoms with Crippen molar-refractivity contribution in [1.82, 2.24) is 20.9 Å². The first-order chi connectivity index (χ1) is 13.2. The lowest BCUT2D eigenvalue weighted by atomic mass is 9.77. The average Bonchev–Trinajstić information content (AvgIpc) is 2.62. The molecule has 1 heterocycles. The zero-order valence-corrected chi connectivity index (χ0v) is 19.9. The minimum Gasteiger partial charge on any atom is -0.330 e. The van der Waals surface area contributed by atoms with Crippen LogP contribution in [-0.2, 0) is 0 Å². The zero-order valence-electron chi connectivity index (χ0n) is 19.9. The van der Waals surface area contributed by atoms with Crippen LogP contribution in [0.15, 0.2) is 0 Å². The molecule has 0 aromatic carbocycles. The summed E-state index contributed by atoms with van der Waals surface area (Å²) in [5.41, 5.74) is 11.3. The first-order valence-electron chi connectivity index (χ1n) is 11.5. The summed E-state index contributed by atoms with van der Waals surface area (Å²) in [4.78, 5) is 2.54. The number of hydrogen-bond acceptors (Lipinski definition) is 6. The highest BCUT2D eigenvalue weighted by atomic mass is 15.2. The van der Waals surface area contributed by atoms with Crippen molar-refractivity contribution in [2.45, 2.75) is 90.3 Å². The lowest BCUT2D eigenvalue weighted by Gasteiger charge is -2.53. The minimum atomic E-state index is 0.311. The molecule has 170 valence electrons. The molecule has 1 saturated heterocycles. The summed E-state index contributed by atoms with van der Waals surface area (Å²) in [5, 5.41) is 10.3. The number of unbranched alkanes of at least 4 members (excludes halogenated alkanes) is 1. The van der Waals surface area contributed by atoms with E-state index in [0.29, 0.717) is 17.1 Å². The molecule has 0 atom stereocenters. The third-order valence-electron chi connectivity index (χ3n) is 5.87. The molecule has 1 aliphatic heterocycles. The van der Waals surface area contributed by atoms with Gasteiger partial charge in [0.2, 0.25) is 0 Å². The van der Waals surface area contributed by atoms with Gasteiger partial charge in [-0.2, -0.15) is 0 Å². The Bertz CT molecular complexity index is 331. The molecule has 0 aromatic heterocycles. The van der Waals surface area contributed by atoms with Gasteiger partial charge in [-0.1, -0.05) is 13.3 Å². The molecule has 0 radical (unpaired) electrons. The van der Waals surface area contributed by atoms with E-state index in [9.17, 15) is 0 Å². The summed E-state index contributed by atoms with van der Waals surface area (Å²) in [5.74, 6) is 0. The number of nitrogens with two attached hydrogens (primary N) is 2. The molecule has 0 saturated carbocycles. The molecule has 0 spiro atoms. The second-order valence-electron chi connectivity index (χ2n) is 9.38. The zero-order chi connectivity index (χ0) is 21.5. The fraction of sp³-hybridized carbons (Fsp3) is 1.00. The Balaban J connectivity index is 0.000000546. The van der Waals surface area contributed by atoms with Gasteiger partial charge in [-0.15, -0.1) is 0 Å². The van der Waals surface area contributed by atoms with Crippen LogP contribution in [0.4, 0.5) is 0 Å². The minimum absolute atomic E-state index is 0.311. The van der Waals surface area contributed by atoms with E-state index < -0.39 is 0 Å². The number of nitrogens with zero attached hydrogens (tertiary/aromatic N) is 1. The maximum absolute atomic E-state index is 5.34. The van der Waals surface area contributed by atoms with Crippen LogP contribution in [0.3, 0.4) is 0 Å². The van der Waals surface area contributed by atoms with Crippen molar-refractivity contribution in [2.24, 2.45) is 11.5 Å². The Morgan fingerprint density at radius 2 is 1.25 bits per heavy atom.